The zero-order valence-corrected chi connectivity index (χ0v) is 8.70. The van der Waals surface area contributed by atoms with Crippen LogP contribution in [0.3, 0.4) is 0 Å². The van der Waals surface area contributed by atoms with E-state index in [1.54, 1.807) is 0 Å². The number of thioether (sulfide) groups is 1. The highest BCUT2D eigenvalue weighted by Crippen LogP contribution is 2.38. The number of fused-ring (bicyclic) bond motifs is 1. The fraction of sp³-hybridized carbons (Fsp3) is 1.00. The predicted octanol–water partition coefficient (Wildman–Crippen LogP) is 2.13. The molecule has 0 aromatic carbocycles. The molecule has 1 saturated carbocycles. The van der Waals surface area contributed by atoms with Crippen LogP contribution in [0.2, 0.25) is 0 Å². The first-order chi connectivity index (χ1) is 5.92. The summed E-state index contributed by atoms with van der Waals surface area (Å²) >= 11 is 2.15. The maximum absolute atomic E-state index is 3.48. The van der Waals surface area contributed by atoms with Crippen LogP contribution in [0, 0.1) is 11.8 Å². The molecule has 0 amide bonds. The van der Waals surface area contributed by atoms with Crippen molar-refractivity contribution in [2.45, 2.75) is 31.7 Å². The van der Waals surface area contributed by atoms with Crippen molar-refractivity contribution < 1.29 is 0 Å². The van der Waals surface area contributed by atoms with E-state index in [9.17, 15) is 0 Å². The Morgan fingerprint density at radius 3 is 2.83 bits per heavy atom. The maximum atomic E-state index is 3.48. The number of rotatable bonds is 1. The minimum atomic E-state index is 0.814. The quantitative estimate of drug-likeness (QED) is 0.671. The molecule has 2 unspecified atom stereocenters. The van der Waals surface area contributed by atoms with Crippen LogP contribution in [0.4, 0.5) is 0 Å². The van der Waals surface area contributed by atoms with E-state index in [1.165, 1.54) is 37.2 Å². The molecular formula is C10H19NS. The minimum absolute atomic E-state index is 0.814. The summed E-state index contributed by atoms with van der Waals surface area (Å²) in [6.07, 6.45) is 5.94. The zero-order chi connectivity index (χ0) is 8.39. The summed E-state index contributed by atoms with van der Waals surface area (Å²) < 4.78 is 0. The van der Waals surface area contributed by atoms with Gasteiger partial charge in [-0.05, 0) is 37.5 Å². The van der Waals surface area contributed by atoms with Gasteiger partial charge in [0.25, 0.3) is 0 Å². The molecule has 2 heteroatoms. The van der Waals surface area contributed by atoms with E-state index in [1.807, 2.05) is 0 Å². The van der Waals surface area contributed by atoms with Crippen LogP contribution >= 0.6 is 11.8 Å². The average molecular weight is 185 g/mol. The Balaban J connectivity index is 1.99. The third-order valence-corrected chi connectivity index (χ3v) is 4.74. The smallest absolute Gasteiger partial charge is 0.0186 e. The molecule has 12 heavy (non-hydrogen) atoms. The Hall–Kier alpha value is 0.310. The molecule has 0 spiro atoms. The fourth-order valence-electron chi connectivity index (χ4n) is 2.74. The normalized spacial score (nSPS) is 42.2. The molecule has 1 heterocycles. The van der Waals surface area contributed by atoms with Crippen LogP contribution in [0.15, 0.2) is 0 Å². The first kappa shape index (κ1) is 8.89. The third kappa shape index (κ3) is 1.64. The van der Waals surface area contributed by atoms with E-state index < -0.39 is 0 Å². The van der Waals surface area contributed by atoms with Gasteiger partial charge in [0.15, 0.2) is 0 Å². The van der Waals surface area contributed by atoms with Gasteiger partial charge in [0.1, 0.15) is 0 Å². The summed E-state index contributed by atoms with van der Waals surface area (Å²) in [5.41, 5.74) is 0. The monoisotopic (exact) mass is 185 g/mol. The van der Waals surface area contributed by atoms with Crippen molar-refractivity contribution in [3.05, 3.63) is 0 Å². The van der Waals surface area contributed by atoms with Crippen molar-refractivity contribution in [3.8, 4) is 0 Å². The Labute approximate surface area is 79.7 Å². The molecule has 70 valence electrons. The molecule has 1 N–H and O–H groups in total. The van der Waals surface area contributed by atoms with Gasteiger partial charge in [-0.3, -0.25) is 0 Å². The second kappa shape index (κ2) is 4.01. The van der Waals surface area contributed by atoms with E-state index in [2.05, 4.69) is 24.1 Å². The van der Waals surface area contributed by atoms with Gasteiger partial charge in [0, 0.05) is 11.8 Å². The predicted molar refractivity (Wildman–Crippen MR) is 55.6 cm³/mol. The van der Waals surface area contributed by atoms with Crippen LogP contribution < -0.4 is 5.32 Å². The van der Waals surface area contributed by atoms with E-state index in [0.29, 0.717) is 0 Å². The molecule has 0 bridgehead atoms. The van der Waals surface area contributed by atoms with Gasteiger partial charge < -0.3 is 5.32 Å². The van der Waals surface area contributed by atoms with Crippen molar-refractivity contribution in [1.29, 1.82) is 0 Å². The molecule has 1 saturated heterocycles. The average Bonchev–Trinajstić information content (AvgIpc) is 2.17. The van der Waals surface area contributed by atoms with Crippen molar-refractivity contribution in [3.63, 3.8) is 0 Å². The molecule has 1 aliphatic heterocycles. The Bertz CT molecular complexity index is 140. The van der Waals surface area contributed by atoms with E-state index in [4.69, 9.17) is 0 Å². The number of nitrogens with one attached hydrogen (secondary N) is 1. The molecule has 0 radical (unpaired) electrons. The fourth-order valence-corrected chi connectivity index (χ4v) is 4.26. The van der Waals surface area contributed by atoms with Gasteiger partial charge in [0.05, 0.1) is 0 Å². The first-order valence-corrected chi connectivity index (χ1v) is 6.32. The lowest BCUT2D eigenvalue weighted by Gasteiger charge is -2.40. The Morgan fingerprint density at radius 1 is 1.17 bits per heavy atom. The summed E-state index contributed by atoms with van der Waals surface area (Å²) in [6.45, 7) is 0. The molecule has 1 nitrogen and oxygen atoms in total. The van der Waals surface area contributed by atoms with Crippen LogP contribution in [0.5, 0.6) is 0 Å². The zero-order valence-electron chi connectivity index (χ0n) is 7.88. The molecule has 0 aromatic heterocycles. The van der Waals surface area contributed by atoms with Gasteiger partial charge in [-0.2, -0.15) is 11.8 Å². The van der Waals surface area contributed by atoms with Gasteiger partial charge in [0.2, 0.25) is 0 Å². The van der Waals surface area contributed by atoms with E-state index in [-0.39, 0.29) is 0 Å². The standard InChI is InChI=1S/C10H19NS/c1-11-10-7-12-6-8-4-2-3-5-9(8)10/h8-11H,2-7H2,1H3/t8?,9?,10-/m1/s1. The molecule has 3 atom stereocenters. The van der Waals surface area contributed by atoms with Crippen LogP contribution in [0.25, 0.3) is 0 Å². The molecular weight excluding hydrogens is 166 g/mol. The van der Waals surface area contributed by atoms with Crippen LogP contribution in [-0.2, 0) is 0 Å². The minimum Gasteiger partial charge on any atom is -0.316 e. The molecule has 2 aliphatic rings. The van der Waals surface area contributed by atoms with Crippen LogP contribution in [0.1, 0.15) is 25.7 Å². The lowest BCUT2D eigenvalue weighted by atomic mass is 9.76. The number of hydrogen-bond donors (Lipinski definition) is 1. The van der Waals surface area contributed by atoms with Gasteiger partial charge >= 0.3 is 0 Å². The van der Waals surface area contributed by atoms with Gasteiger partial charge in [-0.1, -0.05) is 12.8 Å². The summed E-state index contributed by atoms with van der Waals surface area (Å²) in [6, 6.07) is 0.814. The third-order valence-electron chi connectivity index (χ3n) is 3.48. The summed E-state index contributed by atoms with van der Waals surface area (Å²) in [7, 11) is 2.13. The van der Waals surface area contributed by atoms with Crippen molar-refractivity contribution in [2.24, 2.45) is 11.8 Å². The number of hydrogen-bond acceptors (Lipinski definition) is 2. The SMILES string of the molecule is CN[C@@H]1CSCC2CCCCC21. The molecule has 0 aromatic rings. The molecule has 1 aliphatic carbocycles. The lowest BCUT2D eigenvalue weighted by molar-refractivity contribution is 0.208. The van der Waals surface area contributed by atoms with Gasteiger partial charge in [-0.15, -0.1) is 0 Å². The topological polar surface area (TPSA) is 12.0 Å². The van der Waals surface area contributed by atoms with E-state index >= 15 is 0 Å². The van der Waals surface area contributed by atoms with E-state index in [0.717, 1.165) is 17.9 Å². The van der Waals surface area contributed by atoms with Crippen molar-refractivity contribution >= 4 is 11.8 Å². The Kier molecular flexibility index (Phi) is 2.97. The Morgan fingerprint density at radius 2 is 2.00 bits per heavy atom. The highest BCUT2D eigenvalue weighted by atomic mass is 32.2. The maximum Gasteiger partial charge on any atom is 0.0186 e. The summed E-state index contributed by atoms with van der Waals surface area (Å²) in [4.78, 5) is 0. The highest BCUT2D eigenvalue weighted by Gasteiger charge is 2.34. The second-order valence-electron chi connectivity index (χ2n) is 4.14. The molecule has 2 fully saturated rings. The van der Waals surface area contributed by atoms with Gasteiger partial charge in [-0.25, -0.2) is 0 Å². The summed E-state index contributed by atoms with van der Waals surface area (Å²) in [5.74, 6) is 4.82. The van der Waals surface area contributed by atoms with Crippen molar-refractivity contribution in [1.82, 2.24) is 5.32 Å². The summed E-state index contributed by atoms with van der Waals surface area (Å²) in [5, 5.41) is 3.48. The lowest BCUT2D eigenvalue weighted by Crippen LogP contribution is -2.45. The highest BCUT2D eigenvalue weighted by molar-refractivity contribution is 7.99. The van der Waals surface area contributed by atoms with Crippen molar-refractivity contribution in [2.75, 3.05) is 18.6 Å². The first-order valence-electron chi connectivity index (χ1n) is 5.17. The second-order valence-corrected chi connectivity index (χ2v) is 5.22. The molecule has 2 rings (SSSR count). The van der Waals surface area contributed by atoms with Crippen LogP contribution in [-0.4, -0.2) is 24.6 Å². The largest absolute Gasteiger partial charge is 0.316 e.